The van der Waals surface area contributed by atoms with Gasteiger partial charge < -0.3 is 5.73 Å². The van der Waals surface area contributed by atoms with Gasteiger partial charge in [-0.05, 0) is 24.6 Å². The fourth-order valence-electron chi connectivity index (χ4n) is 1.48. The number of rotatable bonds is 1. The molecule has 0 fully saturated rings. The Labute approximate surface area is 87.8 Å². The molecule has 1 aromatic heterocycles. The number of benzene rings is 1. The molecular weight excluding hydrogens is 192 g/mol. The first-order valence-corrected chi connectivity index (χ1v) is 4.75. The van der Waals surface area contributed by atoms with Crippen molar-refractivity contribution in [2.75, 3.05) is 0 Å². The van der Waals surface area contributed by atoms with Crippen molar-refractivity contribution in [2.45, 2.75) is 6.92 Å². The number of fused-ring (bicyclic) bond motifs is 1. The highest BCUT2D eigenvalue weighted by Crippen LogP contribution is 2.16. The maximum absolute atomic E-state index is 5.54. The van der Waals surface area contributed by atoms with Gasteiger partial charge >= 0.3 is 0 Å². The Kier molecular flexibility index (Phi) is 2.17. The Morgan fingerprint density at radius 2 is 2.07 bits per heavy atom. The SMILES string of the molecule is Cc1cc(C(N)=S)nc2ccccc12. The molecule has 0 saturated heterocycles. The number of nitrogens with two attached hydrogens (primary N) is 1. The van der Waals surface area contributed by atoms with Crippen LogP contribution in [0.2, 0.25) is 0 Å². The average Bonchev–Trinajstić information content (AvgIpc) is 2.17. The molecular formula is C11H10N2S. The van der Waals surface area contributed by atoms with Crippen LogP contribution in [-0.4, -0.2) is 9.97 Å². The van der Waals surface area contributed by atoms with E-state index in [1.54, 1.807) is 0 Å². The summed E-state index contributed by atoms with van der Waals surface area (Å²) in [7, 11) is 0. The van der Waals surface area contributed by atoms with Gasteiger partial charge in [0.25, 0.3) is 0 Å². The number of pyridine rings is 1. The fraction of sp³-hybridized carbons (Fsp3) is 0.0909. The second kappa shape index (κ2) is 3.35. The lowest BCUT2D eigenvalue weighted by molar-refractivity contribution is 1.33. The summed E-state index contributed by atoms with van der Waals surface area (Å²) in [6.07, 6.45) is 0. The Morgan fingerprint density at radius 1 is 1.36 bits per heavy atom. The van der Waals surface area contributed by atoms with E-state index in [1.807, 2.05) is 37.3 Å². The number of aryl methyl sites for hydroxylation is 1. The van der Waals surface area contributed by atoms with E-state index in [-0.39, 0.29) is 0 Å². The van der Waals surface area contributed by atoms with Crippen LogP contribution in [0, 0.1) is 6.92 Å². The number of hydrogen-bond donors (Lipinski definition) is 1. The van der Waals surface area contributed by atoms with Gasteiger partial charge in [-0.2, -0.15) is 0 Å². The van der Waals surface area contributed by atoms with Crippen molar-refractivity contribution in [2.24, 2.45) is 5.73 Å². The minimum atomic E-state index is 0.346. The first-order valence-electron chi connectivity index (χ1n) is 4.34. The van der Waals surface area contributed by atoms with E-state index in [2.05, 4.69) is 4.98 Å². The molecule has 0 bridgehead atoms. The van der Waals surface area contributed by atoms with Crippen molar-refractivity contribution in [3.63, 3.8) is 0 Å². The van der Waals surface area contributed by atoms with Crippen LogP contribution in [0.4, 0.5) is 0 Å². The molecule has 2 rings (SSSR count). The van der Waals surface area contributed by atoms with Crippen molar-refractivity contribution in [3.05, 3.63) is 41.6 Å². The van der Waals surface area contributed by atoms with Gasteiger partial charge in [-0.25, -0.2) is 4.98 Å². The predicted molar refractivity (Wildman–Crippen MR) is 62.4 cm³/mol. The third-order valence-electron chi connectivity index (χ3n) is 2.18. The molecule has 2 N–H and O–H groups in total. The highest BCUT2D eigenvalue weighted by atomic mass is 32.1. The summed E-state index contributed by atoms with van der Waals surface area (Å²) < 4.78 is 0. The van der Waals surface area contributed by atoms with E-state index in [4.69, 9.17) is 18.0 Å². The molecule has 0 atom stereocenters. The number of aromatic nitrogens is 1. The predicted octanol–water partition coefficient (Wildman–Crippen LogP) is 2.18. The number of para-hydroxylation sites is 1. The maximum Gasteiger partial charge on any atom is 0.122 e. The zero-order chi connectivity index (χ0) is 10.1. The molecule has 3 heteroatoms. The topological polar surface area (TPSA) is 38.9 Å². The molecule has 2 nitrogen and oxygen atoms in total. The Balaban J connectivity index is 2.78. The van der Waals surface area contributed by atoms with Gasteiger partial charge in [0, 0.05) is 5.39 Å². The molecule has 0 aliphatic rings. The first kappa shape index (κ1) is 9.09. The van der Waals surface area contributed by atoms with Crippen LogP contribution in [-0.2, 0) is 0 Å². The van der Waals surface area contributed by atoms with E-state index in [1.165, 1.54) is 0 Å². The molecule has 0 unspecified atom stereocenters. The largest absolute Gasteiger partial charge is 0.388 e. The van der Waals surface area contributed by atoms with E-state index < -0.39 is 0 Å². The smallest absolute Gasteiger partial charge is 0.122 e. The van der Waals surface area contributed by atoms with Crippen LogP contribution >= 0.6 is 12.2 Å². The maximum atomic E-state index is 5.54. The van der Waals surface area contributed by atoms with E-state index in [0.29, 0.717) is 10.7 Å². The summed E-state index contributed by atoms with van der Waals surface area (Å²) in [5.74, 6) is 0. The van der Waals surface area contributed by atoms with Gasteiger partial charge in [-0.3, -0.25) is 0 Å². The lowest BCUT2D eigenvalue weighted by atomic mass is 10.1. The van der Waals surface area contributed by atoms with Gasteiger partial charge in [0.15, 0.2) is 0 Å². The minimum Gasteiger partial charge on any atom is -0.388 e. The molecule has 1 aromatic carbocycles. The van der Waals surface area contributed by atoms with Crippen molar-refractivity contribution in [3.8, 4) is 0 Å². The molecule has 0 amide bonds. The second-order valence-electron chi connectivity index (χ2n) is 3.21. The normalized spacial score (nSPS) is 10.4. The van der Waals surface area contributed by atoms with Crippen LogP contribution in [0.15, 0.2) is 30.3 Å². The van der Waals surface area contributed by atoms with Crippen LogP contribution in [0.3, 0.4) is 0 Å². The summed E-state index contributed by atoms with van der Waals surface area (Å²) in [6, 6.07) is 9.88. The molecule has 14 heavy (non-hydrogen) atoms. The molecule has 0 aliphatic carbocycles. The highest BCUT2D eigenvalue weighted by molar-refractivity contribution is 7.80. The van der Waals surface area contributed by atoms with Crippen LogP contribution in [0.5, 0.6) is 0 Å². The molecule has 1 heterocycles. The lowest BCUT2D eigenvalue weighted by Gasteiger charge is -2.04. The van der Waals surface area contributed by atoms with Gasteiger partial charge in [-0.15, -0.1) is 0 Å². The number of nitrogens with zero attached hydrogens (tertiary/aromatic N) is 1. The molecule has 0 saturated carbocycles. The monoisotopic (exact) mass is 202 g/mol. The molecule has 0 radical (unpaired) electrons. The van der Waals surface area contributed by atoms with Crippen LogP contribution < -0.4 is 5.73 Å². The summed E-state index contributed by atoms with van der Waals surface area (Å²) in [5.41, 5.74) is 8.32. The highest BCUT2D eigenvalue weighted by Gasteiger charge is 2.03. The quantitative estimate of drug-likeness (QED) is 0.720. The van der Waals surface area contributed by atoms with Gasteiger partial charge in [0.05, 0.1) is 11.2 Å². The summed E-state index contributed by atoms with van der Waals surface area (Å²) in [4.78, 5) is 4.72. The third-order valence-corrected chi connectivity index (χ3v) is 2.38. The summed E-state index contributed by atoms with van der Waals surface area (Å²) in [6.45, 7) is 2.03. The Morgan fingerprint density at radius 3 is 2.79 bits per heavy atom. The van der Waals surface area contributed by atoms with Crippen LogP contribution in [0.25, 0.3) is 10.9 Å². The van der Waals surface area contributed by atoms with Crippen molar-refractivity contribution in [1.29, 1.82) is 0 Å². The van der Waals surface area contributed by atoms with Crippen molar-refractivity contribution >= 4 is 28.1 Å². The average molecular weight is 202 g/mol. The minimum absolute atomic E-state index is 0.346. The lowest BCUT2D eigenvalue weighted by Crippen LogP contribution is -2.11. The van der Waals surface area contributed by atoms with Crippen molar-refractivity contribution < 1.29 is 0 Å². The number of thiocarbonyl (C=S) groups is 1. The van der Waals surface area contributed by atoms with Crippen LogP contribution in [0.1, 0.15) is 11.3 Å². The standard InChI is InChI=1S/C11H10N2S/c1-7-6-10(11(12)14)13-9-5-3-2-4-8(7)9/h2-6H,1H3,(H2,12,14). The summed E-state index contributed by atoms with van der Waals surface area (Å²) in [5, 5.41) is 1.15. The van der Waals surface area contributed by atoms with Gasteiger partial charge in [-0.1, -0.05) is 30.4 Å². The van der Waals surface area contributed by atoms with E-state index in [0.717, 1.165) is 16.5 Å². The zero-order valence-corrected chi connectivity index (χ0v) is 8.64. The van der Waals surface area contributed by atoms with Gasteiger partial charge in [0.1, 0.15) is 4.99 Å². The molecule has 2 aromatic rings. The van der Waals surface area contributed by atoms with E-state index in [9.17, 15) is 0 Å². The third kappa shape index (κ3) is 1.46. The van der Waals surface area contributed by atoms with Gasteiger partial charge in [0.2, 0.25) is 0 Å². The molecule has 0 spiro atoms. The van der Waals surface area contributed by atoms with E-state index >= 15 is 0 Å². The number of hydrogen-bond acceptors (Lipinski definition) is 2. The Hall–Kier alpha value is -1.48. The molecule has 70 valence electrons. The summed E-state index contributed by atoms with van der Waals surface area (Å²) >= 11 is 4.90. The first-order chi connectivity index (χ1) is 6.68. The Bertz CT molecular complexity index is 506. The fourth-order valence-corrected chi connectivity index (χ4v) is 1.58. The van der Waals surface area contributed by atoms with Crippen molar-refractivity contribution in [1.82, 2.24) is 4.98 Å². The molecule has 0 aliphatic heterocycles. The second-order valence-corrected chi connectivity index (χ2v) is 3.65. The zero-order valence-electron chi connectivity index (χ0n) is 7.82.